The molecule has 0 amide bonds. The van der Waals surface area contributed by atoms with Gasteiger partial charge in [0, 0.05) is 17.1 Å². The van der Waals surface area contributed by atoms with E-state index in [0.717, 1.165) is 11.1 Å². The molecule has 4 aromatic rings. The summed E-state index contributed by atoms with van der Waals surface area (Å²) < 4.78 is 26.4. The smallest absolute Gasteiger partial charge is 0.347 e. The van der Waals surface area contributed by atoms with Gasteiger partial charge < -0.3 is 24.3 Å². The van der Waals surface area contributed by atoms with E-state index in [1.54, 1.807) is 25.3 Å². The zero-order chi connectivity index (χ0) is 28.2. The van der Waals surface area contributed by atoms with Gasteiger partial charge >= 0.3 is 5.97 Å². The summed E-state index contributed by atoms with van der Waals surface area (Å²) in [6.45, 7) is 2.09. The number of carbonyl (C=O) groups excluding carboxylic acids is 1. The van der Waals surface area contributed by atoms with Gasteiger partial charge in [0.2, 0.25) is 0 Å². The molecule has 2 aromatic heterocycles. The molecule has 10 heteroatoms. The minimum absolute atomic E-state index is 0.0243. The number of pyridine rings is 2. The lowest BCUT2D eigenvalue weighted by Gasteiger charge is -2.25. The van der Waals surface area contributed by atoms with E-state index in [2.05, 4.69) is 20.9 Å². The molecule has 204 valence electrons. The van der Waals surface area contributed by atoms with Crippen LogP contribution in [0.1, 0.15) is 40.9 Å². The van der Waals surface area contributed by atoms with Gasteiger partial charge in [-0.2, -0.15) is 0 Å². The zero-order valence-electron chi connectivity index (χ0n) is 21.5. The molecule has 2 heterocycles. The Bertz CT molecular complexity index is 1540. The molecule has 0 radical (unpaired) electrons. The molecule has 0 saturated heterocycles. The van der Waals surface area contributed by atoms with Gasteiger partial charge in [-0.05, 0) is 58.6 Å². The third-order valence-electron chi connectivity index (χ3n) is 6.09. The van der Waals surface area contributed by atoms with Crippen LogP contribution in [0.4, 0.5) is 4.39 Å². The Morgan fingerprint density at radius 2 is 1.82 bits per heavy atom. The fourth-order valence-electron chi connectivity index (χ4n) is 4.12. The van der Waals surface area contributed by atoms with Crippen molar-refractivity contribution in [3.05, 3.63) is 104 Å². The van der Waals surface area contributed by atoms with Gasteiger partial charge in [0.1, 0.15) is 23.5 Å². The monoisotopic (exact) mass is 598 g/mol. The Morgan fingerprint density at radius 3 is 2.46 bits per heavy atom. The quantitative estimate of drug-likeness (QED) is 0.260. The number of hydrogen-bond donors (Lipinski definition) is 2. The third-order valence-corrected chi connectivity index (χ3v) is 6.97. The average molecular weight is 599 g/mol. The highest BCUT2D eigenvalue weighted by atomic mass is 79.9. The van der Waals surface area contributed by atoms with E-state index in [1.807, 2.05) is 30.3 Å². The lowest BCUT2D eigenvalue weighted by atomic mass is 10.0. The van der Waals surface area contributed by atoms with Gasteiger partial charge in [-0.3, -0.25) is 9.78 Å². The van der Waals surface area contributed by atoms with Crippen molar-refractivity contribution < 1.29 is 28.9 Å². The van der Waals surface area contributed by atoms with Gasteiger partial charge in [0.15, 0.2) is 11.3 Å². The maximum absolute atomic E-state index is 13.9. The largest absolute Gasteiger partial charge is 0.485 e. The van der Waals surface area contributed by atoms with Gasteiger partial charge in [-0.1, -0.05) is 42.5 Å². The normalized spacial score (nSPS) is 12.8. The predicted molar refractivity (Wildman–Crippen MR) is 147 cm³/mol. The molecule has 0 unspecified atom stereocenters. The van der Waals surface area contributed by atoms with Crippen molar-refractivity contribution in [3.8, 4) is 5.75 Å². The summed E-state index contributed by atoms with van der Waals surface area (Å²) in [7, 11) is 0. The van der Waals surface area contributed by atoms with Crippen molar-refractivity contribution in [2.24, 2.45) is 0 Å². The molecule has 2 N–H and O–H groups in total. The van der Waals surface area contributed by atoms with E-state index in [1.165, 1.54) is 23.6 Å². The van der Waals surface area contributed by atoms with E-state index in [9.17, 15) is 24.2 Å². The second-order valence-electron chi connectivity index (χ2n) is 9.34. The van der Waals surface area contributed by atoms with Crippen molar-refractivity contribution in [1.82, 2.24) is 9.55 Å². The number of esters is 1. The number of rotatable bonds is 10. The molecule has 0 spiro atoms. The highest BCUT2D eigenvalue weighted by molar-refractivity contribution is 9.10. The fraction of sp³-hybridized carbons (Fsp3) is 0.276. The second-order valence-corrected chi connectivity index (χ2v) is 10.1. The van der Waals surface area contributed by atoms with Crippen LogP contribution in [-0.2, 0) is 24.3 Å². The Labute approximate surface area is 232 Å². The van der Waals surface area contributed by atoms with Crippen LogP contribution in [0.25, 0.3) is 11.0 Å². The van der Waals surface area contributed by atoms with Crippen molar-refractivity contribution in [2.45, 2.75) is 39.0 Å². The minimum Gasteiger partial charge on any atom is -0.485 e. The molecular formula is C29H28BrFN2O6. The van der Waals surface area contributed by atoms with E-state index >= 15 is 0 Å². The summed E-state index contributed by atoms with van der Waals surface area (Å²) >= 11 is 3.60. The summed E-state index contributed by atoms with van der Waals surface area (Å²) in [5.74, 6) is -1.30. The van der Waals surface area contributed by atoms with Crippen LogP contribution in [0, 0.1) is 5.82 Å². The van der Waals surface area contributed by atoms with Gasteiger partial charge in [-0.15, -0.1) is 0 Å². The molecule has 39 heavy (non-hydrogen) atoms. The average Bonchev–Trinajstić information content (AvgIpc) is 2.92. The number of aliphatic hydroxyl groups excluding tert-OH is 1. The Hall–Kier alpha value is -3.60. The molecule has 0 aliphatic heterocycles. The Kier molecular flexibility index (Phi) is 8.79. The first-order valence-electron chi connectivity index (χ1n) is 12.3. The first-order chi connectivity index (χ1) is 18.6. The summed E-state index contributed by atoms with van der Waals surface area (Å²) in [4.78, 5) is 31.5. The number of carbonyl (C=O) groups is 1. The van der Waals surface area contributed by atoms with Gasteiger partial charge in [0.05, 0.1) is 25.3 Å². The Morgan fingerprint density at radius 1 is 1.13 bits per heavy atom. The van der Waals surface area contributed by atoms with Crippen LogP contribution in [-0.4, -0.2) is 44.5 Å². The number of hydrogen-bond acceptors (Lipinski definition) is 7. The number of halogens is 2. The van der Waals surface area contributed by atoms with Gasteiger partial charge in [0.25, 0.3) is 5.56 Å². The summed E-state index contributed by atoms with van der Waals surface area (Å²) in [6.07, 6.45) is 1.94. The van der Waals surface area contributed by atoms with Crippen molar-refractivity contribution in [2.75, 3.05) is 13.2 Å². The fourth-order valence-corrected chi connectivity index (χ4v) is 4.77. The van der Waals surface area contributed by atoms with Crippen molar-refractivity contribution in [1.29, 1.82) is 0 Å². The molecule has 0 aliphatic carbocycles. The summed E-state index contributed by atoms with van der Waals surface area (Å²) in [5.41, 5.74) is -0.0798. The molecule has 4 rings (SSSR count). The van der Waals surface area contributed by atoms with Crippen LogP contribution < -0.4 is 10.3 Å². The number of aliphatic hydroxyl groups is 2. The van der Waals surface area contributed by atoms with Crippen LogP contribution >= 0.6 is 15.9 Å². The SMILES string of the molecule is CCOC(=O)c1c(OCc2ccccc2)c2ncc(Cc3ccc(F)cc3)c(Br)c2n(C[C@@](C)(O)CO)c1=O. The zero-order valence-corrected chi connectivity index (χ0v) is 23.1. The van der Waals surface area contributed by atoms with Crippen LogP contribution in [0.2, 0.25) is 0 Å². The number of fused-ring (bicyclic) bond motifs is 1. The van der Waals surface area contributed by atoms with E-state index in [0.29, 0.717) is 16.5 Å². The lowest BCUT2D eigenvalue weighted by Crippen LogP contribution is -2.40. The van der Waals surface area contributed by atoms with Crippen LogP contribution in [0.15, 0.2) is 70.1 Å². The predicted octanol–water partition coefficient (Wildman–Crippen LogP) is 4.39. The number of aromatic nitrogens is 2. The standard InChI is InChI=1S/C29H28BrFN2O6/c1-3-38-28(36)22-26(39-15-19-7-5-4-6-8-19)24-25(33(27(22)35)16-29(2,37)17-34)23(30)20(14-32-24)13-18-9-11-21(31)12-10-18/h4-12,14,34,37H,3,13,15-17H2,1-2H3/t29-/m1/s1. The van der Waals surface area contributed by atoms with E-state index < -0.39 is 23.7 Å². The number of ether oxygens (including phenoxy) is 2. The van der Waals surface area contributed by atoms with E-state index in [-0.39, 0.29) is 47.9 Å². The number of nitrogens with zero attached hydrogens (tertiary/aromatic N) is 2. The number of benzene rings is 2. The highest BCUT2D eigenvalue weighted by Gasteiger charge is 2.31. The molecule has 1 atom stereocenters. The maximum Gasteiger partial charge on any atom is 0.347 e. The van der Waals surface area contributed by atoms with Gasteiger partial charge in [-0.25, -0.2) is 9.18 Å². The first kappa shape index (κ1) is 28.4. The van der Waals surface area contributed by atoms with Crippen molar-refractivity contribution >= 4 is 32.9 Å². The third kappa shape index (κ3) is 6.35. The molecule has 0 aliphatic rings. The molecular weight excluding hydrogens is 571 g/mol. The Balaban J connectivity index is 1.97. The highest BCUT2D eigenvalue weighted by Crippen LogP contribution is 2.35. The van der Waals surface area contributed by atoms with Crippen LogP contribution in [0.5, 0.6) is 5.75 Å². The van der Waals surface area contributed by atoms with Crippen molar-refractivity contribution in [3.63, 3.8) is 0 Å². The topological polar surface area (TPSA) is 111 Å². The molecule has 2 aromatic carbocycles. The molecule has 8 nitrogen and oxygen atoms in total. The lowest BCUT2D eigenvalue weighted by molar-refractivity contribution is -0.0119. The minimum atomic E-state index is -1.69. The first-order valence-corrected chi connectivity index (χ1v) is 13.1. The summed E-state index contributed by atoms with van der Waals surface area (Å²) in [5, 5.41) is 20.5. The van der Waals surface area contributed by atoms with E-state index in [4.69, 9.17) is 9.47 Å². The molecule has 0 bridgehead atoms. The molecule has 0 fully saturated rings. The maximum atomic E-state index is 13.9. The summed E-state index contributed by atoms with van der Waals surface area (Å²) in [6, 6.07) is 15.2. The second kappa shape index (κ2) is 12.1. The van der Waals surface area contributed by atoms with Crippen LogP contribution in [0.3, 0.4) is 0 Å². The molecule has 0 saturated carbocycles.